The van der Waals surface area contributed by atoms with Crippen molar-refractivity contribution in [1.29, 1.82) is 0 Å². The lowest BCUT2D eigenvalue weighted by Gasteiger charge is -2.14. The molecule has 0 spiro atoms. The number of hydrogen-bond donors (Lipinski definition) is 1. The molecule has 0 aliphatic heterocycles. The third-order valence-corrected chi connectivity index (χ3v) is 2.83. The lowest BCUT2D eigenvalue weighted by atomic mass is 10.1. The van der Waals surface area contributed by atoms with Gasteiger partial charge in [0.15, 0.2) is 23.1 Å². The second kappa shape index (κ2) is 5.84. The normalized spacial score (nSPS) is 12.0. The van der Waals surface area contributed by atoms with Crippen LogP contribution in [0.5, 0.6) is 11.5 Å². The van der Waals surface area contributed by atoms with Gasteiger partial charge in [-0.3, -0.25) is 10.1 Å². The molecule has 21 heavy (non-hydrogen) atoms. The molecule has 0 bridgehead atoms. The van der Waals surface area contributed by atoms with Crippen molar-refractivity contribution in [3.05, 3.63) is 63.7 Å². The van der Waals surface area contributed by atoms with Crippen molar-refractivity contribution < 1.29 is 18.4 Å². The van der Waals surface area contributed by atoms with E-state index >= 15 is 0 Å². The van der Waals surface area contributed by atoms with Crippen molar-refractivity contribution >= 4 is 5.69 Å². The number of benzene rings is 2. The first-order valence-electron chi connectivity index (χ1n) is 6.06. The van der Waals surface area contributed by atoms with Gasteiger partial charge in [-0.2, -0.15) is 0 Å². The summed E-state index contributed by atoms with van der Waals surface area (Å²) in [6.45, 7) is 1.63. The zero-order valence-corrected chi connectivity index (χ0v) is 11.0. The van der Waals surface area contributed by atoms with E-state index in [-0.39, 0.29) is 11.5 Å². The van der Waals surface area contributed by atoms with Crippen molar-refractivity contribution in [2.45, 2.75) is 13.0 Å². The number of rotatable bonds is 4. The Balaban J connectivity index is 2.41. The highest BCUT2D eigenvalue weighted by Crippen LogP contribution is 2.33. The highest BCUT2D eigenvalue weighted by Gasteiger charge is 2.17. The second-order valence-electron chi connectivity index (χ2n) is 4.42. The van der Waals surface area contributed by atoms with Crippen LogP contribution in [0.1, 0.15) is 18.5 Å². The molecule has 0 radical (unpaired) electrons. The minimum Gasteiger partial charge on any atom is -0.451 e. The van der Waals surface area contributed by atoms with Crippen LogP contribution in [0, 0.1) is 21.7 Å². The van der Waals surface area contributed by atoms with Crippen LogP contribution in [-0.2, 0) is 0 Å². The number of ether oxygens (including phenoxy) is 1. The third-order valence-electron chi connectivity index (χ3n) is 2.83. The molecule has 7 heteroatoms. The molecule has 0 unspecified atom stereocenters. The smallest absolute Gasteiger partial charge is 0.272 e. The Bertz CT molecular complexity index is 690. The predicted molar refractivity (Wildman–Crippen MR) is 72.1 cm³/mol. The lowest BCUT2D eigenvalue weighted by molar-refractivity contribution is -0.385. The Morgan fingerprint density at radius 3 is 2.52 bits per heavy atom. The van der Waals surface area contributed by atoms with Crippen molar-refractivity contribution in [2.75, 3.05) is 0 Å². The third kappa shape index (κ3) is 3.14. The number of nitrogens with zero attached hydrogens (tertiary/aromatic N) is 1. The van der Waals surface area contributed by atoms with Gasteiger partial charge in [-0.05, 0) is 19.1 Å². The van der Waals surface area contributed by atoms with E-state index in [1.54, 1.807) is 13.0 Å². The van der Waals surface area contributed by atoms with Gasteiger partial charge < -0.3 is 10.5 Å². The van der Waals surface area contributed by atoms with E-state index in [1.807, 2.05) is 0 Å². The molecule has 5 nitrogen and oxygen atoms in total. The van der Waals surface area contributed by atoms with Gasteiger partial charge in [-0.1, -0.05) is 12.1 Å². The van der Waals surface area contributed by atoms with Gasteiger partial charge in [-0.25, -0.2) is 8.78 Å². The first kappa shape index (κ1) is 14.9. The van der Waals surface area contributed by atoms with Crippen LogP contribution in [0.25, 0.3) is 0 Å². The molecular weight excluding hydrogens is 282 g/mol. The number of non-ortho nitro benzene ring substituents is 1. The van der Waals surface area contributed by atoms with Crippen LogP contribution in [0.15, 0.2) is 36.4 Å². The maximum absolute atomic E-state index is 13.8. The van der Waals surface area contributed by atoms with Crippen molar-refractivity contribution in [3.63, 3.8) is 0 Å². The molecule has 0 amide bonds. The minimum absolute atomic E-state index is 0.194. The number of hydrogen-bond acceptors (Lipinski definition) is 4. The van der Waals surface area contributed by atoms with Gasteiger partial charge in [0.25, 0.3) is 5.69 Å². The standard InChI is InChI=1S/C14H12F2N2O3/c1-8(17)10-3-2-4-11(15)14(10)21-13-6-5-9(18(19)20)7-12(13)16/h2-8H,17H2,1H3/t8-/m0/s1. The summed E-state index contributed by atoms with van der Waals surface area (Å²) in [5.74, 6) is -2.15. The van der Waals surface area contributed by atoms with E-state index in [2.05, 4.69) is 0 Å². The van der Waals surface area contributed by atoms with Crippen LogP contribution >= 0.6 is 0 Å². The van der Waals surface area contributed by atoms with Gasteiger partial charge in [0.1, 0.15) is 0 Å². The van der Waals surface area contributed by atoms with Crippen LogP contribution in [-0.4, -0.2) is 4.92 Å². The van der Waals surface area contributed by atoms with E-state index in [0.717, 1.165) is 18.2 Å². The first-order chi connectivity index (χ1) is 9.90. The summed E-state index contributed by atoms with van der Waals surface area (Å²) in [7, 11) is 0. The van der Waals surface area contributed by atoms with Gasteiger partial charge in [0, 0.05) is 17.7 Å². The molecule has 2 N–H and O–H groups in total. The van der Waals surface area contributed by atoms with Crippen LogP contribution in [0.3, 0.4) is 0 Å². The summed E-state index contributed by atoms with van der Waals surface area (Å²) in [6.07, 6.45) is 0. The number of nitro benzene ring substituents is 1. The summed E-state index contributed by atoms with van der Waals surface area (Å²) < 4.78 is 32.8. The Labute approximate surface area is 119 Å². The molecule has 0 heterocycles. The Morgan fingerprint density at radius 2 is 1.95 bits per heavy atom. The molecule has 110 valence electrons. The average Bonchev–Trinajstić information content (AvgIpc) is 2.42. The fourth-order valence-corrected chi connectivity index (χ4v) is 1.79. The number of nitrogens with two attached hydrogens (primary N) is 1. The van der Waals surface area contributed by atoms with E-state index in [9.17, 15) is 18.9 Å². The van der Waals surface area contributed by atoms with Crippen LogP contribution in [0.2, 0.25) is 0 Å². The van der Waals surface area contributed by atoms with Gasteiger partial charge in [0.2, 0.25) is 0 Å². The molecule has 1 atom stereocenters. The molecule has 0 aliphatic carbocycles. The summed E-state index contributed by atoms with van der Waals surface area (Å²) in [5.41, 5.74) is 5.66. The van der Waals surface area contributed by atoms with Crippen molar-refractivity contribution in [3.8, 4) is 11.5 Å². The molecule has 0 aliphatic rings. The van der Waals surface area contributed by atoms with E-state index < -0.39 is 28.3 Å². The Kier molecular flexibility index (Phi) is 4.13. The SMILES string of the molecule is C[C@H](N)c1cccc(F)c1Oc1ccc([N+](=O)[O-])cc1F. The highest BCUT2D eigenvalue weighted by atomic mass is 19.1. The highest BCUT2D eigenvalue weighted by molar-refractivity contribution is 5.43. The minimum atomic E-state index is -0.955. The quantitative estimate of drug-likeness (QED) is 0.689. The predicted octanol–water partition coefficient (Wildman–Crippen LogP) is 3.69. The van der Waals surface area contributed by atoms with E-state index in [1.165, 1.54) is 6.07 Å². The fourth-order valence-electron chi connectivity index (χ4n) is 1.79. The Morgan fingerprint density at radius 1 is 1.24 bits per heavy atom. The van der Waals surface area contributed by atoms with Gasteiger partial charge >= 0.3 is 0 Å². The van der Waals surface area contributed by atoms with E-state index in [4.69, 9.17) is 10.5 Å². The summed E-state index contributed by atoms with van der Waals surface area (Å²) in [5, 5.41) is 10.5. The lowest BCUT2D eigenvalue weighted by Crippen LogP contribution is -2.08. The molecule has 0 fully saturated rings. The summed E-state index contributed by atoms with van der Waals surface area (Å²) in [4.78, 5) is 9.81. The topological polar surface area (TPSA) is 78.4 Å². The number of para-hydroxylation sites is 1. The van der Waals surface area contributed by atoms with Gasteiger partial charge in [-0.15, -0.1) is 0 Å². The molecular formula is C14H12F2N2O3. The second-order valence-corrected chi connectivity index (χ2v) is 4.42. The molecule has 0 aromatic heterocycles. The fraction of sp³-hybridized carbons (Fsp3) is 0.143. The molecule has 0 saturated carbocycles. The molecule has 2 aromatic carbocycles. The molecule has 0 saturated heterocycles. The Hall–Kier alpha value is -2.54. The van der Waals surface area contributed by atoms with Crippen LogP contribution < -0.4 is 10.5 Å². The van der Waals surface area contributed by atoms with Crippen LogP contribution in [0.4, 0.5) is 14.5 Å². The monoisotopic (exact) mass is 294 g/mol. The largest absolute Gasteiger partial charge is 0.451 e. The zero-order valence-electron chi connectivity index (χ0n) is 11.0. The van der Waals surface area contributed by atoms with Gasteiger partial charge in [0.05, 0.1) is 11.0 Å². The summed E-state index contributed by atoms with van der Waals surface area (Å²) in [6, 6.07) is 6.53. The number of nitro groups is 1. The molecule has 2 rings (SSSR count). The van der Waals surface area contributed by atoms with Crippen molar-refractivity contribution in [2.24, 2.45) is 5.73 Å². The zero-order chi connectivity index (χ0) is 15.6. The summed E-state index contributed by atoms with van der Waals surface area (Å²) >= 11 is 0. The maximum atomic E-state index is 13.8. The maximum Gasteiger partial charge on any atom is 0.272 e. The molecule has 2 aromatic rings. The van der Waals surface area contributed by atoms with Crippen molar-refractivity contribution in [1.82, 2.24) is 0 Å². The first-order valence-corrected chi connectivity index (χ1v) is 6.06. The average molecular weight is 294 g/mol. The van der Waals surface area contributed by atoms with E-state index in [0.29, 0.717) is 11.6 Å². The number of halogens is 2.